The minimum Gasteiger partial charge on any atom is -0.369 e. The van der Waals surface area contributed by atoms with Gasteiger partial charge < -0.3 is 10.2 Å². The zero-order valence-corrected chi connectivity index (χ0v) is 13.7. The largest absolute Gasteiger partial charge is 0.369 e. The number of rotatable bonds is 3. The van der Waals surface area contributed by atoms with Gasteiger partial charge in [-0.3, -0.25) is 0 Å². The molecule has 3 atom stereocenters. The van der Waals surface area contributed by atoms with Gasteiger partial charge in [0.1, 0.15) is 0 Å². The summed E-state index contributed by atoms with van der Waals surface area (Å²) in [6, 6.07) is 6.75. The maximum Gasteiger partial charge on any atom is 0.0474 e. The second-order valence-corrected chi connectivity index (χ2v) is 7.67. The number of anilines is 1. The minimum absolute atomic E-state index is 0.288. The molecule has 2 rings (SSSR count). The van der Waals surface area contributed by atoms with Gasteiger partial charge in [-0.2, -0.15) is 11.8 Å². The molecule has 0 saturated carbocycles. The Morgan fingerprint density at radius 2 is 1.95 bits per heavy atom. The molecule has 4 heteroatoms. The van der Waals surface area contributed by atoms with E-state index in [0.717, 1.165) is 18.1 Å². The number of hydrogen-bond donors (Lipinski definition) is 1. The Bertz CT molecular complexity index is 428. The molecule has 1 saturated heterocycles. The Kier molecular flexibility index (Phi) is 5.04. The van der Waals surface area contributed by atoms with Gasteiger partial charge in [-0.05, 0) is 31.7 Å². The molecule has 0 spiro atoms. The second-order valence-electron chi connectivity index (χ2n) is 5.38. The first-order valence-corrected chi connectivity index (χ1v) is 8.20. The van der Waals surface area contributed by atoms with E-state index in [1.807, 2.05) is 7.05 Å². The number of benzene rings is 1. The standard InChI is InChI=1S/C15H23ClN2S/c1-10-8-18(9-11(2)19-10)13-5-6-14(12(3)17-4)15(16)7-13/h5-7,10-12,17H,8-9H2,1-4H3. The van der Waals surface area contributed by atoms with Crippen molar-refractivity contribution >= 4 is 29.1 Å². The third-order valence-corrected chi connectivity index (χ3v) is 5.22. The summed E-state index contributed by atoms with van der Waals surface area (Å²) in [6.45, 7) is 8.93. The average molecular weight is 299 g/mol. The number of halogens is 1. The highest BCUT2D eigenvalue weighted by molar-refractivity contribution is 8.00. The average Bonchev–Trinajstić information content (AvgIpc) is 2.36. The molecule has 1 heterocycles. The van der Waals surface area contributed by atoms with E-state index in [1.165, 1.54) is 11.3 Å². The first-order chi connectivity index (χ1) is 9.01. The van der Waals surface area contributed by atoms with Gasteiger partial charge in [0.05, 0.1) is 0 Å². The third kappa shape index (κ3) is 3.59. The minimum atomic E-state index is 0.288. The van der Waals surface area contributed by atoms with E-state index in [1.54, 1.807) is 0 Å². The normalized spacial score (nSPS) is 25.4. The van der Waals surface area contributed by atoms with Crippen LogP contribution in [0.15, 0.2) is 18.2 Å². The van der Waals surface area contributed by atoms with Crippen LogP contribution < -0.4 is 10.2 Å². The van der Waals surface area contributed by atoms with E-state index in [2.05, 4.69) is 60.9 Å². The molecule has 0 bridgehead atoms. The molecular weight excluding hydrogens is 276 g/mol. The van der Waals surface area contributed by atoms with Crippen molar-refractivity contribution in [3.05, 3.63) is 28.8 Å². The Balaban J connectivity index is 2.19. The Morgan fingerprint density at radius 3 is 2.47 bits per heavy atom. The van der Waals surface area contributed by atoms with Crippen molar-refractivity contribution in [1.82, 2.24) is 5.32 Å². The maximum absolute atomic E-state index is 6.42. The molecule has 1 aromatic rings. The molecule has 1 N–H and O–H groups in total. The van der Waals surface area contributed by atoms with Gasteiger partial charge in [-0.1, -0.05) is 31.5 Å². The van der Waals surface area contributed by atoms with Crippen LogP contribution in [0.4, 0.5) is 5.69 Å². The number of nitrogens with one attached hydrogen (secondary N) is 1. The fraction of sp³-hybridized carbons (Fsp3) is 0.600. The lowest BCUT2D eigenvalue weighted by molar-refractivity contribution is 0.652. The van der Waals surface area contributed by atoms with Crippen LogP contribution in [-0.2, 0) is 0 Å². The van der Waals surface area contributed by atoms with Gasteiger partial charge in [0.2, 0.25) is 0 Å². The van der Waals surface area contributed by atoms with Crippen molar-refractivity contribution in [1.29, 1.82) is 0 Å². The van der Waals surface area contributed by atoms with E-state index in [9.17, 15) is 0 Å². The molecule has 0 aromatic heterocycles. The van der Waals surface area contributed by atoms with Crippen LogP contribution in [0.1, 0.15) is 32.4 Å². The lowest BCUT2D eigenvalue weighted by Crippen LogP contribution is -2.40. The van der Waals surface area contributed by atoms with E-state index < -0.39 is 0 Å². The molecule has 3 unspecified atom stereocenters. The summed E-state index contributed by atoms with van der Waals surface area (Å²) < 4.78 is 0. The molecule has 0 amide bonds. The zero-order valence-electron chi connectivity index (χ0n) is 12.1. The topological polar surface area (TPSA) is 15.3 Å². The highest BCUT2D eigenvalue weighted by Gasteiger charge is 2.23. The fourth-order valence-corrected chi connectivity index (χ4v) is 4.27. The molecule has 0 radical (unpaired) electrons. The van der Waals surface area contributed by atoms with Gasteiger partial charge in [0.15, 0.2) is 0 Å². The van der Waals surface area contributed by atoms with Crippen LogP contribution in [0, 0.1) is 0 Å². The molecule has 19 heavy (non-hydrogen) atoms. The predicted molar refractivity (Wildman–Crippen MR) is 87.7 cm³/mol. The third-order valence-electron chi connectivity index (χ3n) is 3.67. The van der Waals surface area contributed by atoms with Crippen molar-refractivity contribution in [3.8, 4) is 0 Å². The highest BCUT2D eigenvalue weighted by atomic mass is 35.5. The molecule has 2 nitrogen and oxygen atoms in total. The Hall–Kier alpha value is -0.380. The van der Waals surface area contributed by atoms with Crippen molar-refractivity contribution in [2.75, 3.05) is 25.0 Å². The molecule has 0 aliphatic carbocycles. The Morgan fingerprint density at radius 1 is 1.32 bits per heavy atom. The van der Waals surface area contributed by atoms with Crippen molar-refractivity contribution in [2.24, 2.45) is 0 Å². The van der Waals surface area contributed by atoms with Crippen LogP contribution in [0.3, 0.4) is 0 Å². The molecular formula is C15H23ClN2S. The maximum atomic E-state index is 6.42. The fourth-order valence-electron chi connectivity index (χ4n) is 2.61. The number of hydrogen-bond acceptors (Lipinski definition) is 3. The summed E-state index contributed by atoms with van der Waals surface area (Å²) in [6.07, 6.45) is 0. The van der Waals surface area contributed by atoms with Crippen molar-refractivity contribution < 1.29 is 0 Å². The van der Waals surface area contributed by atoms with Crippen LogP contribution in [0.25, 0.3) is 0 Å². The summed E-state index contributed by atoms with van der Waals surface area (Å²) in [4.78, 5) is 2.45. The number of thioether (sulfide) groups is 1. The van der Waals surface area contributed by atoms with Crippen LogP contribution in [-0.4, -0.2) is 30.6 Å². The van der Waals surface area contributed by atoms with Crippen LogP contribution in [0.2, 0.25) is 5.02 Å². The first-order valence-electron chi connectivity index (χ1n) is 6.88. The molecule has 1 aliphatic rings. The summed E-state index contributed by atoms with van der Waals surface area (Å²) in [5.41, 5.74) is 2.41. The quantitative estimate of drug-likeness (QED) is 0.909. The Labute approximate surface area is 125 Å². The van der Waals surface area contributed by atoms with Crippen LogP contribution in [0.5, 0.6) is 0 Å². The first kappa shape index (κ1) is 15.0. The molecule has 1 aliphatic heterocycles. The molecule has 1 fully saturated rings. The van der Waals surface area contributed by atoms with Gasteiger partial charge in [-0.15, -0.1) is 0 Å². The predicted octanol–water partition coefficient (Wildman–Crippen LogP) is 3.95. The molecule has 106 valence electrons. The number of nitrogens with zero attached hydrogens (tertiary/aromatic N) is 1. The van der Waals surface area contributed by atoms with E-state index in [4.69, 9.17) is 11.6 Å². The highest BCUT2D eigenvalue weighted by Crippen LogP contribution is 2.32. The van der Waals surface area contributed by atoms with Crippen molar-refractivity contribution in [2.45, 2.75) is 37.3 Å². The van der Waals surface area contributed by atoms with Gasteiger partial charge in [0, 0.05) is 40.3 Å². The van der Waals surface area contributed by atoms with Crippen LogP contribution >= 0.6 is 23.4 Å². The van der Waals surface area contributed by atoms with Crippen molar-refractivity contribution in [3.63, 3.8) is 0 Å². The second kappa shape index (κ2) is 6.38. The summed E-state index contributed by atoms with van der Waals surface area (Å²) in [5, 5.41) is 5.45. The lowest BCUT2D eigenvalue weighted by Gasteiger charge is -2.36. The lowest BCUT2D eigenvalue weighted by atomic mass is 10.1. The molecule has 1 aromatic carbocycles. The van der Waals surface area contributed by atoms with Gasteiger partial charge in [0.25, 0.3) is 0 Å². The van der Waals surface area contributed by atoms with Gasteiger partial charge >= 0.3 is 0 Å². The van der Waals surface area contributed by atoms with E-state index >= 15 is 0 Å². The van der Waals surface area contributed by atoms with E-state index in [0.29, 0.717) is 10.5 Å². The summed E-state index contributed by atoms with van der Waals surface area (Å²) in [7, 11) is 1.96. The summed E-state index contributed by atoms with van der Waals surface area (Å²) in [5.74, 6) is 0. The summed E-state index contributed by atoms with van der Waals surface area (Å²) >= 11 is 8.49. The van der Waals surface area contributed by atoms with Gasteiger partial charge in [-0.25, -0.2) is 0 Å². The zero-order chi connectivity index (χ0) is 14.0. The monoisotopic (exact) mass is 298 g/mol. The smallest absolute Gasteiger partial charge is 0.0474 e. The van der Waals surface area contributed by atoms with E-state index in [-0.39, 0.29) is 6.04 Å². The SMILES string of the molecule is CNC(C)c1ccc(N2CC(C)SC(C)C2)cc1Cl.